The van der Waals surface area contributed by atoms with Crippen LogP contribution < -0.4 is 4.74 Å². The van der Waals surface area contributed by atoms with Gasteiger partial charge in [-0.2, -0.15) is 0 Å². The number of hydrogen-bond donors (Lipinski definition) is 0. The van der Waals surface area contributed by atoms with Gasteiger partial charge in [-0.05, 0) is 43.9 Å². The maximum Gasteiger partial charge on any atom is 0.309 e. The zero-order valence-corrected chi connectivity index (χ0v) is 12.4. The monoisotopic (exact) mass is 295 g/mol. The molecule has 1 aromatic heterocycles. The van der Waals surface area contributed by atoms with Crippen molar-refractivity contribution in [1.29, 1.82) is 0 Å². The number of hydrogen-bond acceptors (Lipinski definition) is 4. The average molecular weight is 296 g/mol. The van der Waals surface area contributed by atoms with Crippen molar-refractivity contribution >= 4 is 23.1 Å². The molecule has 0 amide bonds. The Labute approximate surface area is 123 Å². The molecule has 0 bridgehead atoms. The second kappa shape index (κ2) is 6.75. The predicted octanol–water partition coefficient (Wildman–Crippen LogP) is 3.49. The SMILES string of the molecule is CCOC(=O)C1CC=C(c2ccc(Cl)nc2OC)CC1. The second-order valence-corrected chi connectivity index (χ2v) is 5.03. The number of pyridine rings is 1. The summed E-state index contributed by atoms with van der Waals surface area (Å²) in [4.78, 5) is 15.9. The standard InChI is InChI=1S/C15H18ClNO3/c1-3-20-15(18)11-6-4-10(5-7-11)12-8-9-13(16)17-14(12)19-2/h4,8-9,11H,3,5-7H2,1-2H3. The highest BCUT2D eigenvalue weighted by Crippen LogP contribution is 2.35. The maximum atomic E-state index is 11.7. The fourth-order valence-corrected chi connectivity index (χ4v) is 2.51. The summed E-state index contributed by atoms with van der Waals surface area (Å²) in [6.07, 6.45) is 4.36. The van der Waals surface area contributed by atoms with Crippen LogP contribution in [0.1, 0.15) is 31.7 Å². The van der Waals surface area contributed by atoms with Crippen molar-refractivity contribution < 1.29 is 14.3 Å². The fourth-order valence-electron chi connectivity index (χ4n) is 2.37. The van der Waals surface area contributed by atoms with E-state index in [1.54, 1.807) is 13.2 Å². The number of esters is 1. The van der Waals surface area contributed by atoms with Gasteiger partial charge in [0.05, 0.1) is 19.6 Å². The molecule has 0 aliphatic heterocycles. The lowest BCUT2D eigenvalue weighted by Crippen LogP contribution is -2.19. The summed E-state index contributed by atoms with van der Waals surface area (Å²) in [5.41, 5.74) is 2.09. The van der Waals surface area contributed by atoms with Crippen molar-refractivity contribution in [2.24, 2.45) is 5.92 Å². The smallest absolute Gasteiger partial charge is 0.309 e. The third-order valence-corrected chi connectivity index (χ3v) is 3.61. The summed E-state index contributed by atoms with van der Waals surface area (Å²) in [6.45, 7) is 2.26. The van der Waals surface area contributed by atoms with Gasteiger partial charge in [0.2, 0.25) is 5.88 Å². The summed E-state index contributed by atoms with van der Waals surface area (Å²) in [6, 6.07) is 3.66. The van der Waals surface area contributed by atoms with Gasteiger partial charge < -0.3 is 9.47 Å². The molecule has 0 aromatic carbocycles. The van der Waals surface area contributed by atoms with E-state index in [0.717, 1.165) is 24.0 Å². The highest BCUT2D eigenvalue weighted by molar-refractivity contribution is 6.29. The minimum Gasteiger partial charge on any atom is -0.481 e. The van der Waals surface area contributed by atoms with Crippen LogP contribution in [0.15, 0.2) is 18.2 Å². The summed E-state index contributed by atoms with van der Waals surface area (Å²) in [7, 11) is 1.58. The zero-order valence-electron chi connectivity index (χ0n) is 11.7. The van der Waals surface area contributed by atoms with E-state index in [9.17, 15) is 4.79 Å². The van der Waals surface area contributed by atoms with E-state index in [1.807, 2.05) is 13.0 Å². The number of ether oxygens (including phenoxy) is 2. The quantitative estimate of drug-likeness (QED) is 0.630. The Morgan fingerprint density at radius 3 is 2.90 bits per heavy atom. The van der Waals surface area contributed by atoms with Crippen LogP contribution in [-0.2, 0) is 9.53 Å². The number of carbonyl (C=O) groups excluding carboxylic acids is 1. The maximum absolute atomic E-state index is 11.7. The molecule has 20 heavy (non-hydrogen) atoms. The molecule has 1 heterocycles. The van der Waals surface area contributed by atoms with Gasteiger partial charge in [-0.3, -0.25) is 4.79 Å². The lowest BCUT2D eigenvalue weighted by Gasteiger charge is -2.21. The molecule has 0 fully saturated rings. The van der Waals surface area contributed by atoms with Crippen LogP contribution in [0, 0.1) is 5.92 Å². The van der Waals surface area contributed by atoms with Crippen molar-refractivity contribution in [3.05, 3.63) is 28.9 Å². The molecule has 0 N–H and O–H groups in total. The van der Waals surface area contributed by atoms with E-state index < -0.39 is 0 Å². The van der Waals surface area contributed by atoms with Crippen LogP contribution in [0.3, 0.4) is 0 Å². The molecule has 1 aliphatic rings. The van der Waals surface area contributed by atoms with E-state index in [4.69, 9.17) is 21.1 Å². The topological polar surface area (TPSA) is 48.4 Å². The number of rotatable bonds is 4. The number of halogens is 1. The average Bonchev–Trinajstić information content (AvgIpc) is 2.47. The number of allylic oxidation sites excluding steroid dienone is 2. The Morgan fingerprint density at radius 1 is 1.50 bits per heavy atom. The molecular formula is C15H18ClNO3. The van der Waals surface area contributed by atoms with Gasteiger partial charge in [-0.15, -0.1) is 0 Å². The van der Waals surface area contributed by atoms with Crippen LogP contribution in [-0.4, -0.2) is 24.7 Å². The van der Waals surface area contributed by atoms with Crippen molar-refractivity contribution in [3.63, 3.8) is 0 Å². The second-order valence-electron chi connectivity index (χ2n) is 4.64. The lowest BCUT2D eigenvalue weighted by molar-refractivity contribution is -0.148. The van der Waals surface area contributed by atoms with Gasteiger partial charge in [0, 0.05) is 5.56 Å². The van der Waals surface area contributed by atoms with Gasteiger partial charge >= 0.3 is 5.97 Å². The number of aromatic nitrogens is 1. The first-order valence-electron chi connectivity index (χ1n) is 6.72. The number of methoxy groups -OCH3 is 1. The molecule has 4 nitrogen and oxygen atoms in total. The molecule has 1 unspecified atom stereocenters. The third kappa shape index (κ3) is 3.31. The van der Waals surface area contributed by atoms with Gasteiger partial charge in [-0.1, -0.05) is 17.7 Å². The van der Waals surface area contributed by atoms with Crippen LogP contribution in [0.25, 0.3) is 5.57 Å². The van der Waals surface area contributed by atoms with E-state index >= 15 is 0 Å². The molecule has 0 radical (unpaired) electrons. The van der Waals surface area contributed by atoms with Crippen LogP contribution >= 0.6 is 11.6 Å². The Morgan fingerprint density at radius 2 is 2.30 bits per heavy atom. The first-order valence-corrected chi connectivity index (χ1v) is 7.10. The largest absolute Gasteiger partial charge is 0.481 e. The molecule has 1 aromatic rings. The molecule has 0 saturated carbocycles. The molecule has 0 saturated heterocycles. The third-order valence-electron chi connectivity index (χ3n) is 3.40. The summed E-state index contributed by atoms with van der Waals surface area (Å²) < 4.78 is 10.3. The van der Waals surface area contributed by atoms with Crippen molar-refractivity contribution in [2.45, 2.75) is 26.2 Å². The Balaban J connectivity index is 2.14. The van der Waals surface area contributed by atoms with Gasteiger partial charge in [0.1, 0.15) is 5.15 Å². The van der Waals surface area contributed by atoms with Crippen LogP contribution in [0.4, 0.5) is 0 Å². The Kier molecular flexibility index (Phi) is 5.01. The molecule has 1 atom stereocenters. The molecule has 5 heteroatoms. The van der Waals surface area contributed by atoms with E-state index in [1.165, 1.54) is 0 Å². The normalized spacial score (nSPS) is 18.4. The van der Waals surface area contributed by atoms with E-state index in [-0.39, 0.29) is 11.9 Å². The zero-order chi connectivity index (χ0) is 14.5. The summed E-state index contributed by atoms with van der Waals surface area (Å²) in [5, 5.41) is 0.409. The molecule has 1 aliphatic carbocycles. The predicted molar refractivity (Wildman–Crippen MR) is 77.8 cm³/mol. The first-order chi connectivity index (χ1) is 9.65. The minimum absolute atomic E-state index is 0.0371. The number of carbonyl (C=O) groups is 1. The van der Waals surface area contributed by atoms with Gasteiger partial charge in [0.25, 0.3) is 0 Å². The molecule has 108 valence electrons. The number of nitrogens with zero attached hydrogens (tertiary/aromatic N) is 1. The van der Waals surface area contributed by atoms with Crippen molar-refractivity contribution in [1.82, 2.24) is 4.98 Å². The van der Waals surface area contributed by atoms with E-state index in [0.29, 0.717) is 24.1 Å². The highest BCUT2D eigenvalue weighted by atomic mass is 35.5. The molecule has 2 rings (SSSR count). The summed E-state index contributed by atoms with van der Waals surface area (Å²) in [5.74, 6) is 0.382. The van der Waals surface area contributed by atoms with Gasteiger partial charge in [0.15, 0.2) is 0 Å². The molecule has 0 spiro atoms. The van der Waals surface area contributed by atoms with Crippen LogP contribution in [0.2, 0.25) is 5.15 Å². The van der Waals surface area contributed by atoms with Gasteiger partial charge in [-0.25, -0.2) is 4.98 Å². The van der Waals surface area contributed by atoms with Crippen molar-refractivity contribution in [2.75, 3.05) is 13.7 Å². The van der Waals surface area contributed by atoms with Crippen LogP contribution in [0.5, 0.6) is 5.88 Å². The highest BCUT2D eigenvalue weighted by Gasteiger charge is 2.24. The fraction of sp³-hybridized carbons (Fsp3) is 0.467. The Hall–Kier alpha value is -1.55. The molecular weight excluding hydrogens is 278 g/mol. The lowest BCUT2D eigenvalue weighted by atomic mass is 9.87. The van der Waals surface area contributed by atoms with E-state index in [2.05, 4.69) is 11.1 Å². The Bertz CT molecular complexity index is 528. The van der Waals surface area contributed by atoms with Crippen molar-refractivity contribution in [3.8, 4) is 5.88 Å². The minimum atomic E-state index is -0.107. The summed E-state index contributed by atoms with van der Waals surface area (Å²) >= 11 is 5.86. The first kappa shape index (κ1) is 14.9.